The van der Waals surface area contributed by atoms with Crippen molar-refractivity contribution in [2.75, 3.05) is 0 Å². The number of hydrogen-bond donors (Lipinski definition) is 0. The fourth-order valence-corrected chi connectivity index (χ4v) is 1.88. The Morgan fingerprint density at radius 1 is 1.41 bits per heavy atom. The molecule has 0 aromatic rings. The quantitative estimate of drug-likeness (QED) is 0.297. The standard InChI is InChI=1S/C14H24O3/c1-5-6-7-8-12-13(16-12)9-10-14(3,4)17-11(2)15/h9-10,12-13H,5-8H2,1-4H3/b10-9+. The molecule has 0 aromatic heterocycles. The van der Waals surface area contributed by atoms with Crippen molar-refractivity contribution < 1.29 is 14.3 Å². The number of unbranched alkanes of at least 4 members (excludes halogenated alkanes) is 2. The van der Waals surface area contributed by atoms with E-state index in [0.717, 1.165) is 6.42 Å². The molecule has 2 atom stereocenters. The van der Waals surface area contributed by atoms with Crippen LogP contribution in [-0.4, -0.2) is 23.8 Å². The lowest BCUT2D eigenvalue weighted by Gasteiger charge is -2.19. The Balaban J connectivity index is 2.24. The van der Waals surface area contributed by atoms with Crippen LogP contribution in [0.25, 0.3) is 0 Å². The van der Waals surface area contributed by atoms with Crippen molar-refractivity contribution in [1.82, 2.24) is 0 Å². The molecule has 1 aliphatic heterocycles. The summed E-state index contributed by atoms with van der Waals surface area (Å²) < 4.78 is 10.7. The van der Waals surface area contributed by atoms with Crippen molar-refractivity contribution in [3.05, 3.63) is 12.2 Å². The van der Waals surface area contributed by atoms with Crippen molar-refractivity contribution in [3.8, 4) is 0 Å². The number of carbonyl (C=O) groups excluding carboxylic acids is 1. The van der Waals surface area contributed by atoms with Crippen molar-refractivity contribution in [1.29, 1.82) is 0 Å². The fourth-order valence-electron chi connectivity index (χ4n) is 1.88. The summed E-state index contributed by atoms with van der Waals surface area (Å²) in [4.78, 5) is 10.9. The van der Waals surface area contributed by atoms with Gasteiger partial charge in [-0.25, -0.2) is 0 Å². The molecule has 3 nitrogen and oxygen atoms in total. The molecule has 0 bridgehead atoms. The van der Waals surface area contributed by atoms with Crippen LogP contribution in [0.1, 0.15) is 53.4 Å². The largest absolute Gasteiger partial charge is 0.456 e. The van der Waals surface area contributed by atoms with E-state index in [-0.39, 0.29) is 12.1 Å². The minimum Gasteiger partial charge on any atom is -0.456 e. The van der Waals surface area contributed by atoms with Gasteiger partial charge in [-0.3, -0.25) is 4.79 Å². The van der Waals surface area contributed by atoms with Crippen LogP contribution in [0.4, 0.5) is 0 Å². The van der Waals surface area contributed by atoms with E-state index in [1.165, 1.54) is 26.2 Å². The lowest BCUT2D eigenvalue weighted by molar-refractivity contribution is -0.149. The zero-order chi connectivity index (χ0) is 12.9. The van der Waals surface area contributed by atoms with Gasteiger partial charge in [0.1, 0.15) is 11.7 Å². The van der Waals surface area contributed by atoms with Crippen molar-refractivity contribution in [2.45, 2.75) is 71.2 Å². The maximum Gasteiger partial charge on any atom is 0.303 e. The van der Waals surface area contributed by atoms with Crippen molar-refractivity contribution in [3.63, 3.8) is 0 Å². The number of epoxide rings is 1. The van der Waals surface area contributed by atoms with E-state index in [9.17, 15) is 4.79 Å². The summed E-state index contributed by atoms with van der Waals surface area (Å²) in [5, 5.41) is 0. The molecular formula is C14H24O3. The molecule has 2 unspecified atom stereocenters. The number of rotatable bonds is 7. The molecule has 1 aliphatic rings. The molecule has 17 heavy (non-hydrogen) atoms. The SMILES string of the molecule is CCCCCC1OC1/C=C/C(C)(C)OC(C)=O. The van der Waals surface area contributed by atoms with Gasteiger partial charge in [-0.05, 0) is 26.3 Å². The second-order valence-electron chi connectivity index (χ2n) is 5.19. The Labute approximate surface area is 104 Å². The Bertz CT molecular complexity index is 281. The minimum absolute atomic E-state index is 0.224. The molecule has 3 heteroatoms. The lowest BCUT2D eigenvalue weighted by Crippen LogP contribution is -2.24. The summed E-state index contributed by atoms with van der Waals surface area (Å²) >= 11 is 0. The van der Waals surface area contributed by atoms with Crippen LogP contribution >= 0.6 is 0 Å². The number of carbonyl (C=O) groups is 1. The van der Waals surface area contributed by atoms with Crippen LogP contribution < -0.4 is 0 Å². The van der Waals surface area contributed by atoms with Crippen LogP contribution in [-0.2, 0) is 14.3 Å². The molecule has 0 N–H and O–H groups in total. The van der Waals surface area contributed by atoms with Gasteiger partial charge in [0.25, 0.3) is 0 Å². The van der Waals surface area contributed by atoms with Gasteiger partial charge >= 0.3 is 5.97 Å². The average molecular weight is 240 g/mol. The van der Waals surface area contributed by atoms with Crippen LogP contribution in [0, 0.1) is 0 Å². The van der Waals surface area contributed by atoms with Gasteiger partial charge < -0.3 is 9.47 Å². The molecular weight excluding hydrogens is 216 g/mol. The molecule has 0 spiro atoms. The molecule has 1 rings (SSSR count). The topological polar surface area (TPSA) is 38.8 Å². The highest BCUT2D eigenvalue weighted by atomic mass is 16.6. The van der Waals surface area contributed by atoms with E-state index >= 15 is 0 Å². The van der Waals surface area contributed by atoms with E-state index in [2.05, 4.69) is 6.92 Å². The molecule has 0 aromatic carbocycles. The second kappa shape index (κ2) is 6.20. The third-order valence-electron chi connectivity index (χ3n) is 2.81. The lowest BCUT2D eigenvalue weighted by atomic mass is 10.1. The Hall–Kier alpha value is -0.830. The highest BCUT2D eigenvalue weighted by Gasteiger charge is 2.36. The summed E-state index contributed by atoms with van der Waals surface area (Å²) in [5.41, 5.74) is -0.536. The minimum atomic E-state index is -0.536. The van der Waals surface area contributed by atoms with Gasteiger partial charge in [0.2, 0.25) is 0 Å². The maximum atomic E-state index is 10.9. The van der Waals surface area contributed by atoms with E-state index in [1.807, 2.05) is 26.0 Å². The van der Waals surface area contributed by atoms with Crippen LogP contribution in [0.3, 0.4) is 0 Å². The van der Waals surface area contributed by atoms with Gasteiger partial charge in [0.05, 0.1) is 6.10 Å². The first-order valence-corrected chi connectivity index (χ1v) is 6.49. The third kappa shape index (κ3) is 5.87. The predicted molar refractivity (Wildman–Crippen MR) is 67.8 cm³/mol. The Morgan fingerprint density at radius 3 is 2.71 bits per heavy atom. The van der Waals surface area contributed by atoms with Gasteiger partial charge in [-0.2, -0.15) is 0 Å². The first-order chi connectivity index (χ1) is 7.94. The van der Waals surface area contributed by atoms with Crippen LogP contribution in [0.5, 0.6) is 0 Å². The van der Waals surface area contributed by atoms with Gasteiger partial charge in [0.15, 0.2) is 0 Å². The molecule has 1 fully saturated rings. The Kier molecular flexibility index (Phi) is 5.19. The fraction of sp³-hybridized carbons (Fsp3) is 0.786. The molecule has 98 valence electrons. The maximum absolute atomic E-state index is 10.9. The molecule has 0 radical (unpaired) electrons. The van der Waals surface area contributed by atoms with E-state index in [0.29, 0.717) is 6.10 Å². The molecule has 1 saturated heterocycles. The first kappa shape index (κ1) is 14.2. The summed E-state index contributed by atoms with van der Waals surface area (Å²) in [6.45, 7) is 7.38. The third-order valence-corrected chi connectivity index (χ3v) is 2.81. The normalized spacial score (nSPS) is 24.0. The highest BCUT2D eigenvalue weighted by Crippen LogP contribution is 2.29. The molecule has 0 amide bonds. The number of hydrogen-bond acceptors (Lipinski definition) is 3. The summed E-state index contributed by atoms with van der Waals surface area (Å²) in [6.07, 6.45) is 9.42. The van der Waals surface area contributed by atoms with Crippen LogP contribution in [0.2, 0.25) is 0 Å². The van der Waals surface area contributed by atoms with Crippen molar-refractivity contribution in [2.24, 2.45) is 0 Å². The van der Waals surface area contributed by atoms with E-state index in [1.54, 1.807) is 0 Å². The first-order valence-electron chi connectivity index (χ1n) is 6.49. The van der Waals surface area contributed by atoms with Crippen LogP contribution in [0.15, 0.2) is 12.2 Å². The summed E-state index contributed by atoms with van der Waals surface area (Å²) in [5.74, 6) is -0.254. The monoisotopic (exact) mass is 240 g/mol. The molecule has 0 saturated carbocycles. The zero-order valence-electron chi connectivity index (χ0n) is 11.4. The highest BCUT2D eigenvalue weighted by molar-refractivity contribution is 5.66. The number of esters is 1. The number of ether oxygens (including phenoxy) is 2. The van der Waals surface area contributed by atoms with Crippen molar-refractivity contribution >= 4 is 5.97 Å². The van der Waals surface area contributed by atoms with E-state index < -0.39 is 5.60 Å². The average Bonchev–Trinajstić information content (AvgIpc) is 2.92. The summed E-state index contributed by atoms with van der Waals surface area (Å²) in [7, 11) is 0. The van der Waals surface area contributed by atoms with E-state index in [4.69, 9.17) is 9.47 Å². The molecule has 1 heterocycles. The smallest absolute Gasteiger partial charge is 0.303 e. The van der Waals surface area contributed by atoms with Gasteiger partial charge in [-0.1, -0.05) is 32.3 Å². The van der Waals surface area contributed by atoms with Gasteiger partial charge in [0, 0.05) is 6.92 Å². The second-order valence-corrected chi connectivity index (χ2v) is 5.19. The predicted octanol–water partition coefficient (Wildman–Crippen LogP) is 3.23. The zero-order valence-corrected chi connectivity index (χ0v) is 11.4. The Morgan fingerprint density at radius 2 is 2.12 bits per heavy atom. The summed E-state index contributed by atoms with van der Waals surface area (Å²) in [6, 6.07) is 0. The van der Waals surface area contributed by atoms with Gasteiger partial charge in [-0.15, -0.1) is 0 Å². The molecule has 0 aliphatic carbocycles.